The van der Waals surface area contributed by atoms with Gasteiger partial charge in [0, 0.05) is 39.8 Å². The van der Waals surface area contributed by atoms with Crippen molar-refractivity contribution in [1.29, 1.82) is 0 Å². The summed E-state index contributed by atoms with van der Waals surface area (Å²) in [5.74, 6) is 2.49. The molecule has 3 rings (SSSR count). The summed E-state index contributed by atoms with van der Waals surface area (Å²) in [4.78, 5) is 6.67. The lowest BCUT2D eigenvalue weighted by Crippen LogP contribution is -2.47. The predicted molar refractivity (Wildman–Crippen MR) is 97.7 cm³/mol. The number of guanidine groups is 1. The van der Waals surface area contributed by atoms with Gasteiger partial charge in [0.05, 0.1) is 0 Å². The SMILES string of the molecule is CN=C(NCC1CCN(S(=O)(=O)C(F)(F)F)CC1)N1CC2CCCCC2C1. The Morgan fingerprint density at radius 2 is 1.63 bits per heavy atom. The quantitative estimate of drug-likeness (QED) is 0.573. The Morgan fingerprint density at radius 3 is 2.11 bits per heavy atom. The molecule has 2 saturated heterocycles. The Labute approximate surface area is 159 Å². The zero-order chi connectivity index (χ0) is 19.7. The first-order valence-corrected chi connectivity index (χ1v) is 11.2. The number of halogens is 3. The lowest BCUT2D eigenvalue weighted by molar-refractivity contribution is -0.0496. The van der Waals surface area contributed by atoms with Crippen LogP contribution in [0.1, 0.15) is 38.5 Å². The van der Waals surface area contributed by atoms with Gasteiger partial charge >= 0.3 is 15.5 Å². The zero-order valence-corrected chi connectivity index (χ0v) is 16.5. The summed E-state index contributed by atoms with van der Waals surface area (Å²) in [6.45, 7) is 2.49. The van der Waals surface area contributed by atoms with Gasteiger partial charge in [-0.15, -0.1) is 0 Å². The van der Waals surface area contributed by atoms with Gasteiger partial charge in [-0.2, -0.15) is 17.5 Å². The molecule has 27 heavy (non-hydrogen) atoms. The molecule has 0 amide bonds. The van der Waals surface area contributed by atoms with E-state index in [1.54, 1.807) is 7.05 Å². The van der Waals surface area contributed by atoms with E-state index in [1.807, 2.05) is 0 Å². The molecule has 2 unspecified atom stereocenters. The number of piperidine rings is 1. The highest BCUT2D eigenvalue weighted by atomic mass is 32.2. The van der Waals surface area contributed by atoms with E-state index in [4.69, 9.17) is 0 Å². The molecule has 1 aliphatic carbocycles. The molecule has 0 aromatic heterocycles. The van der Waals surface area contributed by atoms with Gasteiger partial charge in [-0.3, -0.25) is 4.99 Å². The summed E-state index contributed by atoms with van der Waals surface area (Å²) >= 11 is 0. The predicted octanol–water partition coefficient (Wildman–Crippen LogP) is 2.25. The van der Waals surface area contributed by atoms with E-state index in [2.05, 4.69) is 15.2 Å². The molecule has 2 heterocycles. The minimum absolute atomic E-state index is 0.0827. The first-order valence-electron chi connectivity index (χ1n) is 9.74. The van der Waals surface area contributed by atoms with E-state index in [-0.39, 0.29) is 19.0 Å². The minimum Gasteiger partial charge on any atom is -0.356 e. The summed E-state index contributed by atoms with van der Waals surface area (Å²) in [5, 5.41) is 3.36. The Morgan fingerprint density at radius 1 is 1.07 bits per heavy atom. The highest BCUT2D eigenvalue weighted by Gasteiger charge is 2.50. The Balaban J connectivity index is 1.47. The second-order valence-corrected chi connectivity index (χ2v) is 9.86. The number of nitrogens with zero attached hydrogens (tertiary/aromatic N) is 3. The largest absolute Gasteiger partial charge is 0.511 e. The molecular weight excluding hydrogens is 381 g/mol. The fraction of sp³-hybridized carbons (Fsp3) is 0.941. The Kier molecular flexibility index (Phi) is 6.24. The van der Waals surface area contributed by atoms with E-state index >= 15 is 0 Å². The number of alkyl halides is 3. The van der Waals surface area contributed by atoms with Crippen LogP contribution in [0.15, 0.2) is 4.99 Å². The van der Waals surface area contributed by atoms with Gasteiger partial charge in [-0.25, -0.2) is 8.42 Å². The van der Waals surface area contributed by atoms with Crippen LogP contribution in [-0.2, 0) is 10.0 Å². The second-order valence-electron chi connectivity index (χ2n) is 7.93. The summed E-state index contributed by atoms with van der Waals surface area (Å²) in [7, 11) is -3.45. The maximum atomic E-state index is 12.7. The third-order valence-corrected chi connectivity index (χ3v) is 7.87. The van der Waals surface area contributed by atoms with Crippen LogP contribution in [0.5, 0.6) is 0 Å². The lowest BCUT2D eigenvalue weighted by atomic mass is 9.82. The molecule has 1 saturated carbocycles. The molecular formula is C17H29F3N4O2S. The van der Waals surface area contributed by atoms with Crippen molar-refractivity contribution in [1.82, 2.24) is 14.5 Å². The fourth-order valence-electron chi connectivity index (χ4n) is 4.65. The van der Waals surface area contributed by atoms with Gasteiger partial charge < -0.3 is 10.2 Å². The van der Waals surface area contributed by atoms with Crippen LogP contribution < -0.4 is 5.32 Å². The van der Waals surface area contributed by atoms with Crippen molar-refractivity contribution in [2.75, 3.05) is 39.8 Å². The molecule has 0 spiro atoms. The summed E-state index contributed by atoms with van der Waals surface area (Å²) in [6.07, 6.45) is 6.02. The van der Waals surface area contributed by atoms with Gasteiger partial charge in [-0.05, 0) is 43.4 Å². The molecule has 2 atom stereocenters. The minimum atomic E-state index is -5.22. The van der Waals surface area contributed by atoms with Gasteiger partial charge in [0.15, 0.2) is 5.96 Å². The van der Waals surface area contributed by atoms with Crippen molar-refractivity contribution in [3.63, 3.8) is 0 Å². The zero-order valence-electron chi connectivity index (χ0n) is 15.7. The van der Waals surface area contributed by atoms with Gasteiger partial charge in [0.2, 0.25) is 0 Å². The monoisotopic (exact) mass is 410 g/mol. The highest BCUT2D eigenvalue weighted by molar-refractivity contribution is 7.90. The first kappa shape index (κ1) is 20.7. The van der Waals surface area contributed by atoms with Gasteiger partial charge in [0.25, 0.3) is 0 Å². The Hall–Kier alpha value is -1.03. The Bertz CT molecular complexity index is 631. The van der Waals surface area contributed by atoms with Crippen molar-refractivity contribution in [2.45, 2.75) is 44.0 Å². The molecule has 0 radical (unpaired) electrons. The van der Waals surface area contributed by atoms with Crippen molar-refractivity contribution in [3.8, 4) is 0 Å². The average Bonchev–Trinajstić information content (AvgIpc) is 3.05. The van der Waals surface area contributed by atoms with E-state index in [0.29, 0.717) is 23.7 Å². The van der Waals surface area contributed by atoms with Crippen LogP contribution in [-0.4, -0.2) is 68.9 Å². The van der Waals surface area contributed by atoms with E-state index in [0.717, 1.165) is 30.9 Å². The molecule has 2 aliphatic heterocycles. The van der Waals surface area contributed by atoms with Crippen LogP contribution in [0.3, 0.4) is 0 Å². The van der Waals surface area contributed by atoms with Crippen LogP contribution >= 0.6 is 0 Å². The average molecular weight is 411 g/mol. The van der Waals surface area contributed by atoms with Crippen LogP contribution in [0.2, 0.25) is 0 Å². The number of aliphatic imine (C=N–C) groups is 1. The summed E-state index contributed by atoms with van der Waals surface area (Å²) in [6, 6.07) is 0. The molecule has 10 heteroatoms. The summed E-state index contributed by atoms with van der Waals surface area (Å²) in [5.41, 5.74) is -5.22. The molecule has 0 aromatic carbocycles. The maximum absolute atomic E-state index is 12.7. The van der Waals surface area contributed by atoms with Gasteiger partial charge in [-0.1, -0.05) is 12.8 Å². The van der Waals surface area contributed by atoms with Crippen LogP contribution in [0, 0.1) is 17.8 Å². The number of fused-ring (bicyclic) bond motifs is 1. The number of hydrogen-bond acceptors (Lipinski definition) is 3. The molecule has 156 valence electrons. The molecule has 0 bridgehead atoms. The van der Waals surface area contributed by atoms with Gasteiger partial charge in [0.1, 0.15) is 0 Å². The third-order valence-electron chi connectivity index (χ3n) is 6.24. The topological polar surface area (TPSA) is 65.0 Å². The molecule has 3 aliphatic rings. The van der Waals surface area contributed by atoms with Crippen LogP contribution in [0.25, 0.3) is 0 Å². The van der Waals surface area contributed by atoms with Crippen LogP contribution in [0.4, 0.5) is 13.2 Å². The standard InChI is InChI=1S/C17H29F3N4O2S/c1-21-16(23-11-14-4-2-3-5-15(14)12-23)22-10-13-6-8-24(9-7-13)27(25,26)17(18,19)20/h13-15H,2-12H2,1H3,(H,21,22). The molecule has 6 nitrogen and oxygen atoms in total. The summed E-state index contributed by atoms with van der Waals surface area (Å²) < 4.78 is 61.5. The van der Waals surface area contributed by atoms with E-state index in [1.165, 1.54) is 25.7 Å². The maximum Gasteiger partial charge on any atom is 0.511 e. The smallest absolute Gasteiger partial charge is 0.356 e. The highest BCUT2D eigenvalue weighted by Crippen LogP contribution is 2.36. The number of hydrogen-bond donors (Lipinski definition) is 1. The third kappa shape index (κ3) is 4.52. The van der Waals surface area contributed by atoms with E-state index < -0.39 is 15.5 Å². The van der Waals surface area contributed by atoms with Crippen molar-refractivity contribution in [3.05, 3.63) is 0 Å². The van der Waals surface area contributed by atoms with Crippen molar-refractivity contribution >= 4 is 16.0 Å². The van der Waals surface area contributed by atoms with E-state index in [9.17, 15) is 21.6 Å². The van der Waals surface area contributed by atoms with Crippen molar-refractivity contribution < 1.29 is 21.6 Å². The van der Waals surface area contributed by atoms with Crippen molar-refractivity contribution in [2.24, 2.45) is 22.7 Å². The second kappa shape index (κ2) is 8.14. The normalized spacial score (nSPS) is 29.0. The lowest BCUT2D eigenvalue weighted by Gasteiger charge is -2.32. The molecule has 0 aromatic rings. The number of sulfonamides is 1. The first-order chi connectivity index (χ1) is 12.7. The number of likely N-dealkylation sites (tertiary alicyclic amines) is 1. The molecule has 1 N–H and O–H groups in total. The molecule has 3 fully saturated rings. The number of nitrogens with one attached hydrogen (secondary N) is 1. The number of rotatable bonds is 3. The fourth-order valence-corrected chi connectivity index (χ4v) is 5.63.